The molecule has 0 aliphatic carbocycles. The molecule has 3 rings (SSSR count). The van der Waals surface area contributed by atoms with Crippen LogP contribution in [0, 0.1) is 6.92 Å². The first-order valence-corrected chi connectivity index (χ1v) is 7.12. The molecule has 1 saturated heterocycles. The van der Waals surface area contributed by atoms with Gasteiger partial charge in [-0.2, -0.15) is 0 Å². The number of imide groups is 1. The largest absolute Gasteiger partial charge is 0.333 e. The predicted molar refractivity (Wildman–Crippen MR) is 86.6 cm³/mol. The van der Waals surface area contributed by atoms with Crippen molar-refractivity contribution in [2.45, 2.75) is 6.92 Å². The minimum Gasteiger partial charge on any atom is -0.302 e. The highest BCUT2D eigenvalue weighted by Gasteiger charge is 2.34. The van der Waals surface area contributed by atoms with Crippen molar-refractivity contribution in [3.63, 3.8) is 0 Å². The highest BCUT2D eigenvalue weighted by atomic mass is 35.5. The van der Waals surface area contributed by atoms with E-state index in [2.05, 4.69) is 5.32 Å². The first-order valence-electron chi connectivity index (χ1n) is 6.74. The highest BCUT2D eigenvalue weighted by molar-refractivity contribution is 6.31. The Labute approximate surface area is 133 Å². The number of amides is 3. The molecule has 1 aliphatic rings. The quantitative estimate of drug-likeness (QED) is 0.678. The van der Waals surface area contributed by atoms with Crippen LogP contribution in [-0.4, -0.2) is 11.9 Å². The van der Waals surface area contributed by atoms with Gasteiger partial charge in [0.05, 0.1) is 5.69 Å². The Hall–Kier alpha value is -2.59. The number of carbonyl (C=O) groups excluding carboxylic acids is 2. The van der Waals surface area contributed by atoms with Gasteiger partial charge >= 0.3 is 6.03 Å². The standard InChI is InChI=1S/C17H13ClN2O2/c1-11-2-4-12(5-3-11)10-15-16(21)20(17(22)19-15)14-8-6-13(18)7-9-14/h2-10H,1H3,(H,19,22)/b15-10+. The number of aryl methyl sites for hydroxylation is 1. The topological polar surface area (TPSA) is 49.4 Å². The van der Waals surface area contributed by atoms with Crippen molar-refractivity contribution in [3.05, 3.63) is 70.4 Å². The normalized spacial score (nSPS) is 16.3. The van der Waals surface area contributed by atoms with E-state index in [-0.39, 0.29) is 11.6 Å². The first kappa shape index (κ1) is 14.4. The Morgan fingerprint density at radius 3 is 2.27 bits per heavy atom. The van der Waals surface area contributed by atoms with Crippen molar-refractivity contribution in [2.24, 2.45) is 0 Å². The molecular weight excluding hydrogens is 300 g/mol. The van der Waals surface area contributed by atoms with Crippen LogP contribution in [0.15, 0.2) is 54.2 Å². The zero-order valence-corrected chi connectivity index (χ0v) is 12.6. The van der Waals surface area contributed by atoms with E-state index in [9.17, 15) is 9.59 Å². The molecule has 0 bridgehead atoms. The molecule has 3 amide bonds. The smallest absolute Gasteiger partial charge is 0.302 e. The number of halogens is 1. The maximum absolute atomic E-state index is 12.4. The van der Waals surface area contributed by atoms with Crippen molar-refractivity contribution in [3.8, 4) is 0 Å². The summed E-state index contributed by atoms with van der Waals surface area (Å²) in [5.41, 5.74) is 2.72. The molecule has 1 fully saturated rings. The van der Waals surface area contributed by atoms with E-state index in [1.165, 1.54) is 0 Å². The summed E-state index contributed by atoms with van der Waals surface area (Å²) >= 11 is 5.82. The molecular formula is C17H13ClN2O2. The molecule has 5 heteroatoms. The van der Waals surface area contributed by atoms with Gasteiger partial charge in [-0.25, -0.2) is 9.69 Å². The minimum absolute atomic E-state index is 0.254. The van der Waals surface area contributed by atoms with Crippen LogP contribution in [-0.2, 0) is 4.79 Å². The molecule has 0 saturated carbocycles. The fraction of sp³-hybridized carbons (Fsp3) is 0.0588. The van der Waals surface area contributed by atoms with Crippen LogP contribution >= 0.6 is 11.6 Å². The summed E-state index contributed by atoms with van der Waals surface area (Å²) in [6.45, 7) is 1.99. The Morgan fingerprint density at radius 1 is 1.00 bits per heavy atom. The zero-order chi connectivity index (χ0) is 15.7. The van der Waals surface area contributed by atoms with Crippen LogP contribution in [0.3, 0.4) is 0 Å². The zero-order valence-electron chi connectivity index (χ0n) is 11.8. The van der Waals surface area contributed by atoms with E-state index in [0.29, 0.717) is 10.7 Å². The Balaban J connectivity index is 1.91. The van der Waals surface area contributed by atoms with Gasteiger partial charge in [-0.05, 0) is 42.8 Å². The lowest BCUT2D eigenvalue weighted by molar-refractivity contribution is -0.113. The SMILES string of the molecule is Cc1ccc(/C=C2/NC(=O)N(c3ccc(Cl)cc3)C2=O)cc1. The number of urea groups is 1. The van der Waals surface area contributed by atoms with Crippen LogP contribution in [0.1, 0.15) is 11.1 Å². The molecule has 0 unspecified atom stereocenters. The first-order chi connectivity index (χ1) is 10.5. The number of hydrogen-bond donors (Lipinski definition) is 1. The lowest BCUT2D eigenvalue weighted by Gasteiger charge is -2.11. The van der Waals surface area contributed by atoms with Crippen molar-refractivity contribution >= 4 is 35.3 Å². The molecule has 0 radical (unpaired) electrons. The molecule has 4 nitrogen and oxygen atoms in total. The molecule has 0 spiro atoms. The summed E-state index contributed by atoms with van der Waals surface area (Å²) in [5.74, 6) is -0.382. The fourth-order valence-corrected chi connectivity index (χ4v) is 2.32. The van der Waals surface area contributed by atoms with Crippen molar-refractivity contribution in [2.75, 3.05) is 4.90 Å². The number of hydrogen-bond acceptors (Lipinski definition) is 2. The summed E-state index contributed by atoms with van der Waals surface area (Å²) in [6, 6.07) is 13.8. The van der Waals surface area contributed by atoms with Crippen LogP contribution in [0.2, 0.25) is 5.02 Å². The minimum atomic E-state index is -0.467. The maximum atomic E-state index is 12.4. The molecule has 1 N–H and O–H groups in total. The Morgan fingerprint density at radius 2 is 1.64 bits per heavy atom. The number of rotatable bonds is 2. The summed E-state index contributed by atoms with van der Waals surface area (Å²) < 4.78 is 0. The van der Waals surface area contributed by atoms with E-state index in [4.69, 9.17) is 11.6 Å². The second-order valence-electron chi connectivity index (χ2n) is 5.02. The van der Waals surface area contributed by atoms with Gasteiger partial charge in [0.25, 0.3) is 5.91 Å². The molecule has 22 heavy (non-hydrogen) atoms. The summed E-state index contributed by atoms with van der Waals surface area (Å²) in [6.07, 6.45) is 1.66. The molecule has 2 aromatic rings. The number of anilines is 1. The maximum Gasteiger partial charge on any atom is 0.333 e. The van der Waals surface area contributed by atoms with Crippen LogP contribution in [0.5, 0.6) is 0 Å². The van der Waals surface area contributed by atoms with Gasteiger partial charge < -0.3 is 5.32 Å². The Kier molecular flexibility index (Phi) is 3.69. The monoisotopic (exact) mass is 312 g/mol. The van der Waals surface area contributed by atoms with E-state index in [1.807, 2.05) is 31.2 Å². The van der Waals surface area contributed by atoms with Gasteiger partial charge in [0.15, 0.2) is 0 Å². The molecule has 2 aromatic carbocycles. The summed E-state index contributed by atoms with van der Waals surface area (Å²) in [7, 11) is 0. The van der Waals surface area contributed by atoms with Gasteiger partial charge in [0, 0.05) is 5.02 Å². The highest BCUT2D eigenvalue weighted by Crippen LogP contribution is 2.23. The lowest BCUT2D eigenvalue weighted by atomic mass is 10.1. The second kappa shape index (κ2) is 5.66. The second-order valence-corrected chi connectivity index (χ2v) is 5.45. The average molecular weight is 313 g/mol. The third kappa shape index (κ3) is 2.73. The molecule has 0 aromatic heterocycles. The third-order valence-corrected chi connectivity index (χ3v) is 3.60. The molecule has 110 valence electrons. The summed E-state index contributed by atoms with van der Waals surface area (Å²) in [4.78, 5) is 25.6. The van der Waals surface area contributed by atoms with E-state index >= 15 is 0 Å². The van der Waals surface area contributed by atoms with Crippen molar-refractivity contribution in [1.29, 1.82) is 0 Å². The van der Waals surface area contributed by atoms with Gasteiger partial charge in [-0.15, -0.1) is 0 Å². The van der Waals surface area contributed by atoms with Crippen molar-refractivity contribution < 1.29 is 9.59 Å². The van der Waals surface area contributed by atoms with E-state index < -0.39 is 6.03 Å². The number of benzene rings is 2. The summed E-state index contributed by atoms with van der Waals surface area (Å²) in [5, 5.41) is 3.14. The number of carbonyl (C=O) groups is 2. The lowest BCUT2D eigenvalue weighted by Crippen LogP contribution is -2.30. The molecule has 0 atom stereocenters. The van der Waals surface area contributed by atoms with E-state index in [1.54, 1.807) is 30.3 Å². The molecule has 1 aliphatic heterocycles. The number of nitrogens with zero attached hydrogens (tertiary/aromatic N) is 1. The fourth-order valence-electron chi connectivity index (χ4n) is 2.19. The Bertz CT molecular complexity index is 764. The number of nitrogens with one attached hydrogen (secondary N) is 1. The van der Waals surface area contributed by atoms with Crippen LogP contribution in [0.25, 0.3) is 6.08 Å². The van der Waals surface area contributed by atoms with Gasteiger partial charge in [-0.3, -0.25) is 4.79 Å². The molecule has 1 heterocycles. The average Bonchev–Trinajstić information content (AvgIpc) is 2.77. The predicted octanol–water partition coefficient (Wildman–Crippen LogP) is 3.75. The van der Waals surface area contributed by atoms with Gasteiger partial charge in [-0.1, -0.05) is 41.4 Å². The van der Waals surface area contributed by atoms with E-state index in [0.717, 1.165) is 16.0 Å². The van der Waals surface area contributed by atoms with Gasteiger partial charge in [0.1, 0.15) is 5.70 Å². The third-order valence-electron chi connectivity index (χ3n) is 3.35. The van der Waals surface area contributed by atoms with Crippen LogP contribution in [0.4, 0.5) is 10.5 Å². The van der Waals surface area contributed by atoms with Crippen molar-refractivity contribution in [1.82, 2.24) is 5.32 Å². The van der Waals surface area contributed by atoms with Gasteiger partial charge in [0.2, 0.25) is 0 Å². The van der Waals surface area contributed by atoms with Crippen LogP contribution < -0.4 is 10.2 Å².